The first kappa shape index (κ1) is 25.6. The normalized spacial score (nSPS) is 30.5. The summed E-state index contributed by atoms with van der Waals surface area (Å²) >= 11 is 0. The van der Waals surface area contributed by atoms with Gasteiger partial charge < -0.3 is 19.9 Å². The van der Waals surface area contributed by atoms with E-state index in [4.69, 9.17) is 14.5 Å². The fourth-order valence-electron chi connectivity index (χ4n) is 7.26. The lowest BCUT2D eigenvalue weighted by Gasteiger charge is -2.42. The number of benzene rings is 3. The monoisotopic (exact) mass is 524 g/mol. The summed E-state index contributed by atoms with van der Waals surface area (Å²) in [6, 6.07) is 22.1. The van der Waals surface area contributed by atoms with Gasteiger partial charge in [-0.05, 0) is 49.1 Å². The molecule has 3 aromatic rings. The van der Waals surface area contributed by atoms with E-state index < -0.39 is 40.1 Å². The Morgan fingerprint density at radius 3 is 2.28 bits per heavy atom. The molecule has 1 aliphatic carbocycles. The first-order valence-electron chi connectivity index (χ1n) is 13.5. The van der Waals surface area contributed by atoms with Crippen LogP contribution in [0.1, 0.15) is 60.1 Å². The predicted octanol–water partition coefficient (Wildman–Crippen LogP) is 5.42. The topological polar surface area (TPSA) is 80.2 Å². The Kier molecular flexibility index (Phi) is 5.38. The van der Waals surface area contributed by atoms with E-state index >= 15 is 0 Å². The van der Waals surface area contributed by atoms with E-state index in [9.17, 15) is 9.90 Å². The molecule has 3 aromatic carbocycles. The molecule has 3 aliphatic rings. The summed E-state index contributed by atoms with van der Waals surface area (Å²) in [7, 11) is 1.37. The number of aliphatic imine (C=N–C) groups is 1. The van der Waals surface area contributed by atoms with Crippen molar-refractivity contribution in [1.82, 2.24) is 5.32 Å². The standard InChI is InChI=1S/C33H36N2O4/c1-19-13-15-23(16-14-19)31-26(22-11-9-8-10-12-22)27(28(36)38-7)33(37)32(31,34-29(35-33)30(4,5)6)25-21(3)17-20(2)18-24(25)39-31/h8-18,26-27,37H,1-7H3,(H,34,35)/t26-,27+,31+,32-,33-/m1/s1. The second kappa shape index (κ2) is 8.18. The molecular weight excluding hydrogens is 488 g/mol. The van der Waals surface area contributed by atoms with Crippen molar-refractivity contribution in [1.29, 1.82) is 0 Å². The minimum atomic E-state index is -1.83. The quantitative estimate of drug-likeness (QED) is 0.448. The van der Waals surface area contributed by atoms with E-state index in [1.165, 1.54) is 7.11 Å². The van der Waals surface area contributed by atoms with Gasteiger partial charge in [0.15, 0.2) is 16.9 Å². The summed E-state index contributed by atoms with van der Waals surface area (Å²) < 4.78 is 12.6. The summed E-state index contributed by atoms with van der Waals surface area (Å²) in [5, 5.41) is 16.5. The molecule has 39 heavy (non-hydrogen) atoms. The minimum absolute atomic E-state index is 0.432. The number of fused-ring (bicyclic) bond motifs is 1. The van der Waals surface area contributed by atoms with Crippen molar-refractivity contribution in [2.45, 2.75) is 64.3 Å². The third-order valence-corrected chi connectivity index (χ3v) is 8.78. The number of ether oxygens (including phenoxy) is 2. The Hall–Kier alpha value is -3.64. The van der Waals surface area contributed by atoms with Gasteiger partial charge in [0.2, 0.25) is 0 Å². The van der Waals surface area contributed by atoms with E-state index in [-0.39, 0.29) is 0 Å². The van der Waals surface area contributed by atoms with Crippen molar-refractivity contribution in [2.75, 3.05) is 7.11 Å². The molecule has 6 nitrogen and oxygen atoms in total. The molecule has 202 valence electrons. The lowest BCUT2D eigenvalue weighted by Crippen LogP contribution is -2.62. The van der Waals surface area contributed by atoms with Crippen LogP contribution in [0.4, 0.5) is 0 Å². The summed E-state index contributed by atoms with van der Waals surface area (Å²) in [4.78, 5) is 19.3. The van der Waals surface area contributed by atoms with Gasteiger partial charge in [0.1, 0.15) is 17.5 Å². The number of esters is 1. The van der Waals surface area contributed by atoms with Gasteiger partial charge in [-0.2, -0.15) is 0 Å². The molecule has 1 fully saturated rings. The van der Waals surface area contributed by atoms with Crippen LogP contribution in [0, 0.1) is 32.1 Å². The summed E-state index contributed by atoms with van der Waals surface area (Å²) in [6.07, 6.45) is 0. The average molecular weight is 525 g/mol. The highest BCUT2D eigenvalue weighted by atomic mass is 16.5. The summed E-state index contributed by atoms with van der Waals surface area (Å²) in [5.74, 6) is -0.860. The van der Waals surface area contributed by atoms with Crippen molar-refractivity contribution in [2.24, 2.45) is 16.3 Å². The van der Waals surface area contributed by atoms with Crippen LogP contribution < -0.4 is 10.1 Å². The number of rotatable bonds is 3. The highest BCUT2D eigenvalue weighted by Gasteiger charge is 2.86. The zero-order valence-electron chi connectivity index (χ0n) is 23.6. The Bertz CT molecular complexity index is 1510. The highest BCUT2D eigenvalue weighted by molar-refractivity contribution is 5.94. The third-order valence-electron chi connectivity index (χ3n) is 8.78. The van der Waals surface area contributed by atoms with E-state index in [2.05, 4.69) is 11.4 Å². The van der Waals surface area contributed by atoms with Gasteiger partial charge >= 0.3 is 5.97 Å². The van der Waals surface area contributed by atoms with Crippen LogP contribution in [-0.4, -0.2) is 29.7 Å². The van der Waals surface area contributed by atoms with Crippen LogP contribution in [0.5, 0.6) is 5.75 Å². The molecule has 1 spiro atoms. The molecule has 0 radical (unpaired) electrons. The van der Waals surface area contributed by atoms with Gasteiger partial charge in [0.25, 0.3) is 0 Å². The number of nitrogens with one attached hydrogen (secondary N) is 1. The average Bonchev–Trinajstić information content (AvgIpc) is 3.42. The van der Waals surface area contributed by atoms with Crippen molar-refractivity contribution in [3.05, 3.63) is 100 Å². The van der Waals surface area contributed by atoms with Gasteiger partial charge in [-0.3, -0.25) is 9.79 Å². The molecule has 6 heteroatoms. The van der Waals surface area contributed by atoms with Gasteiger partial charge in [0.05, 0.1) is 7.11 Å². The number of aryl methyl sites for hydroxylation is 3. The summed E-state index contributed by atoms with van der Waals surface area (Å²) in [5.41, 5.74) is 0.734. The number of carbonyl (C=O) groups is 1. The van der Waals surface area contributed by atoms with Crippen LogP contribution >= 0.6 is 0 Å². The maximum Gasteiger partial charge on any atom is 0.314 e. The third kappa shape index (κ3) is 3.12. The Labute approximate surface area is 230 Å². The van der Waals surface area contributed by atoms with Gasteiger partial charge in [0, 0.05) is 16.9 Å². The van der Waals surface area contributed by atoms with Gasteiger partial charge in [-0.1, -0.05) is 87.0 Å². The molecule has 0 aromatic heterocycles. The molecule has 5 atom stereocenters. The molecule has 6 rings (SSSR count). The number of aliphatic hydroxyl groups is 1. The molecule has 1 saturated carbocycles. The second-order valence-electron chi connectivity index (χ2n) is 12.4. The molecule has 0 saturated heterocycles. The molecule has 0 bridgehead atoms. The van der Waals surface area contributed by atoms with E-state index in [1.54, 1.807) is 0 Å². The predicted molar refractivity (Wildman–Crippen MR) is 151 cm³/mol. The maximum atomic E-state index is 13.9. The van der Waals surface area contributed by atoms with Gasteiger partial charge in [-0.25, -0.2) is 0 Å². The highest BCUT2D eigenvalue weighted by Crippen LogP contribution is 2.75. The lowest BCUT2D eigenvalue weighted by atomic mass is 9.68. The number of hydrogen-bond donors (Lipinski definition) is 2. The Morgan fingerprint density at radius 2 is 1.67 bits per heavy atom. The number of carbonyl (C=O) groups excluding carboxylic acids is 1. The zero-order chi connectivity index (χ0) is 28.0. The fourth-order valence-corrected chi connectivity index (χ4v) is 7.26. The molecule has 2 heterocycles. The van der Waals surface area contributed by atoms with E-state index in [0.717, 1.165) is 33.4 Å². The fraction of sp³-hybridized carbons (Fsp3) is 0.394. The Balaban J connectivity index is 1.83. The smallest absolute Gasteiger partial charge is 0.314 e. The molecule has 0 amide bonds. The van der Waals surface area contributed by atoms with Crippen molar-refractivity contribution >= 4 is 11.8 Å². The zero-order valence-corrected chi connectivity index (χ0v) is 23.6. The van der Waals surface area contributed by atoms with Crippen LogP contribution in [0.3, 0.4) is 0 Å². The van der Waals surface area contributed by atoms with Crippen LogP contribution in [0.15, 0.2) is 71.7 Å². The van der Waals surface area contributed by atoms with Crippen molar-refractivity contribution < 1.29 is 19.4 Å². The largest absolute Gasteiger partial charge is 0.478 e. The van der Waals surface area contributed by atoms with E-state index in [0.29, 0.717) is 11.6 Å². The van der Waals surface area contributed by atoms with E-state index in [1.807, 2.05) is 102 Å². The number of methoxy groups -OCH3 is 1. The molecular formula is C33H36N2O4. The Morgan fingerprint density at radius 1 is 1.00 bits per heavy atom. The molecule has 2 aliphatic heterocycles. The maximum absolute atomic E-state index is 13.9. The first-order valence-corrected chi connectivity index (χ1v) is 13.5. The first-order chi connectivity index (χ1) is 18.4. The van der Waals surface area contributed by atoms with Crippen LogP contribution in [0.25, 0.3) is 0 Å². The molecule has 0 unspecified atom stereocenters. The van der Waals surface area contributed by atoms with Crippen LogP contribution in [-0.2, 0) is 20.7 Å². The summed E-state index contributed by atoms with van der Waals surface area (Å²) in [6.45, 7) is 12.3. The minimum Gasteiger partial charge on any atom is -0.478 e. The van der Waals surface area contributed by atoms with Crippen molar-refractivity contribution in [3.63, 3.8) is 0 Å². The number of amidine groups is 1. The number of hydrogen-bond acceptors (Lipinski definition) is 6. The second-order valence-corrected chi connectivity index (χ2v) is 12.4. The number of nitrogens with zero attached hydrogens (tertiary/aromatic N) is 1. The van der Waals surface area contributed by atoms with Gasteiger partial charge in [-0.15, -0.1) is 0 Å². The SMILES string of the molecule is COC(=O)[C@@H]1[C@@H](c2ccccc2)[C@]2(c3ccc(C)cc3)Oc3cc(C)cc(C)c3[C@@]23N=C(C(C)(C)C)N[C@@]13O. The van der Waals surface area contributed by atoms with Crippen LogP contribution in [0.2, 0.25) is 0 Å². The van der Waals surface area contributed by atoms with Crippen molar-refractivity contribution in [3.8, 4) is 5.75 Å². The lowest BCUT2D eigenvalue weighted by molar-refractivity contribution is -0.158. The molecule has 2 N–H and O–H groups in total.